The summed E-state index contributed by atoms with van der Waals surface area (Å²) < 4.78 is 30.1. The van der Waals surface area contributed by atoms with Crippen LogP contribution in [0.25, 0.3) is 32.4 Å². The number of aryl methyl sites for hydroxylation is 1. The molecule has 2 aromatic carbocycles. The third-order valence-electron chi connectivity index (χ3n) is 6.67. The molecule has 0 radical (unpaired) electrons. The van der Waals surface area contributed by atoms with Crippen LogP contribution in [-0.2, 0) is 11.3 Å². The zero-order chi connectivity index (χ0) is 28.0. The van der Waals surface area contributed by atoms with E-state index in [4.69, 9.17) is 14.5 Å². The van der Waals surface area contributed by atoms with Gasteiger partial charge >= 0.3 is 10.9 Å². The highest BCUT2D eigenvalue weighted by Gasteiger charge is 2.32. The summed E-state index contributed by atoms with van der Waals surface area (Å²) in [5.74, 6) is -0.0557. The van der Waals surface area contributed by atoms with E-state index in [0.29, 0.717) is 32.7 Å². The van der Waals surface area contributed by atoms with E-state index in [9.17, 15) is 14.0 Å². The molecule has 0 spiro atoms. The second-order valence-corrected chi connectivity index (χ2v) is 10.9. The van der Waals surface area contributed by atoms with Crippen molar-refractivity contribution in [2.75, 3.05) is 13.7 Å². The maximum absolute atomic E-state index is 13.5. The molecule has 6 aromatic rings. The molecule has 202 valence electrons. The largest absolute Gasteiger partial charge is 0.497 e. The molecule has 0 saturated carbocycles. The Hall–Kier alpha value is -4.35. The fourth-order valence-electron chi connectivity index (χ4n) is 4.82. The first kappa shape index (κ1) is 25.9. The third kappa shape index (κ3) is 4.27. The van der Waals surface area contributed by atoms with Crippen molar-refractivity contribution >= 4 is 44.9 Å². The minimum Gasteiger partial charge on any atom is -0.497 e. The predicted octanol–water partition coefficient (Wildman–Crippen LogP) is 5.83. The molecule has 0 aliphatic carbocycles. The fraction of sp³-hybridized carbons (Fsp3) is 0.172. The molecule has 0 atom stereocenters. The molecule has 40 heavy (non-hydrogen) atoms. The summed E-state index contributed by atoms with van der Waals surface area (Å²) >= 11 is 2.76. The van der Waals surface area contributed by atoms with Crippen LogP contribution in [0.3, 0.4) is 0 Å². The standard InChI is InChI=1S/C29H24FN4O4S2/c1-4-38-27(36)26-23(32-13-22(31-28(32)40-26)18-5-9-20(30)10-6-18)14-33-25(19-7-11-21(37-3)12-8-19)24(15-35)34-17(2)16-39-29(33)34/h5-13,15-16H,4,14H2,1-3H3/q+1. The Morgan fingerprint density at radius 1 is 1.12 bits per heavy atom. The number of hydrogen-bond acceptors (Lipinski definition) is 7. The Bertz CT molecular complexity index is 1880. The van der Waals surface area contributed by atoms with Crippen LogP contribution in [0, 0.1) is 12.7 Å². The van der Waals surface area contributed by atoms with Crippen molar-refractivity contribution in [3.05, 3.63) is 87.9 Å². The van der Waals surface area contributed by atoms with Crippen molar-refractivity contribution < 1.29 is 28.0 Å². The van der Waals surface area contributed by atoms with Gasteiger partial charge in [-0.3, -0.25) is 9.20 Å². The van der Waals surface area contributed by atoms with Crippen LogP contribution < -0.4 is 9.30 Å². The van der Waals surface area contributed by atoms with Gasteiger partial charge in [-0.25, -0.2) is 18.7 Å². The van der Waals surface area contributed by atoms with Gasteiger partial charge in [0.25, 0.3) is 0 Å². The number of thiazole rings is 2. The summed E-state index contributed by atoms with van der Waals surface area (Å²) in [4.78, 5) is 32.2. The van der Waals surface area contributed by atoms with E-state index in [-0.39, 0.29) is 19.0 Å². The highest BCUT2D eigenvalue weighted by molar-refractivity contribution is 7.19. The van der Waals surface area contributed by atoms with E-state index in [1.54, 1.807) is 26.2 Å². The monoisotopic (exact) mass is 575 g/mol. The van der Waals surface area contributed by atoms with Gasteiger partial charge in [-0.1, -0.05) is 22.7 Å². The first-order valence-corrected chi connectivity index (χ1v) is 14.2. The maximum atomic E-state index is 13.5. The number of rotatable bonds is 8. The van der Waals surface area contributed by atoms with Crippen LogP contribution in [0.5, 0.6) is 5.75 Å². The molecule has 0 saturated heterocycles. The second-order valence-electron chi connectivity index (χ2n) is 9.05. The van der Waals surface area contributed by atoms with Crippen LogP contribution in [0.2, 0.25) is 0 Å². The van der Waals surface area contributed by atoms with Crippen molar-refractivity contribution in [1.82, 2.24) is 13.8 Å². The molecule has 0 aliphatic rings. The van der Waals surface area contributed by atoms with E-state index in [1.807, 2.05) is 56.1 Å². The van der Waals surface area contributed by atoms with E-state index in [0.717, 1.165) is 33.8 Å². The van der Waals surface area contributed by atoms with Gasteiger partial charge in [-0.05, 0) is 62.4 Å². The highest BCUT2D eigenvalue weighted by atomic mass is 32.1. The number of carbonyl (C=O) groups is 2. The van der Waals surface area contributed by atoms with Gasteiger partial charge in [0.2, 0.25) is 5.69 Å². The van der Waals surface area contributed by atoms with Crippen molar-refractivity contribution in [3.8, 4) is 28.3 Å². The molecule has 0 N–H and O–H groups in total. The first-order chi connectivity index (χ1) is 19.4. The van der Waals surface area contributed by atoms with Gasteiger partial charge in [-0.15, -0.1) is 0 Å². The Morgan fingerprint density at radius 2 is 1.85 bits per heavy atom. The molecule has 11 heteroatoms. The molecule has 0 fully saturated rings. The summed E-state index contributed by atoms with van der Waals surface area (Å²) in [6.45, 7) is 4.23. The topological polar surface area (TPSA) is 78.2 Å². The molecule has 0 amide bonds. The molecule has 0 bridgehead atoms. The molecule has 4 aromatic heterocycles. The summed E-state index contributed by atoms with van der Waals surface area (Å²) in [6, 6.07) is 13.7. The number of aldehydes is 1. The highest BCUT2D eigenvalue weighted by Crippen LogP contribution is 2.31. The minimum absolute atomic E-state index is 0.236. The van der Waals surface area contributed by atoms with Crippen molar-refractivity contribution in [2.24, 2.45) is 0 Å². The average molecular weight is 576 g/mol. The summed E-state index contributed by atoms with van der Waals surface area (Å²) in [6.07, 6.45) is 2.71. The molecule has 0 unspecified atom stereocenters. The summed E-state index contributed by atoms with van der Waals surface area (Å²) in [7, 11) is 1.60. The second kappa shape index (κ2) is 10.3. The molecule has 0 aliphatic heterocycles. The summed E-state index contributed by atoms with van der Waals surface area (Å²) in [5.41, 5.74) is 5.09. The van der Waals surface area contributed by atoms with E-state index < -0.39 is 5.97 Å². The van der Waals surface area contributed by atoms with Gasteiger partial charge in [0.15, 0.2) is 16.9 Å². The van der Waals surface area contributed by atoms with Crippen LogP contribution in [0.1, 0.15) is 38.5 Å². The molecular formula is C29H24FN4O4S2+. The van der Waals surface area contributed by atoms with Gasteiger partial charge in [-0.2, -0.15) is 4.40 Å². The quantitative estimate of drug-likeness (QED) is 0.130. The fourth-order valence-corrected chi connectivity index (χ4v) is 6.84. The van der Waals surface area contributed by atoms with Crippen LogP contribution in [0.4, 0.5) is 4.39 Å². The minimum atomic E-state index is -0.434. The molecule has 4 heterocycles. The summed E-state index contributed by atoms with van der Waals surface area (Å²) in [5, 5.41) is 2.00. The number of ether oxygens (including phenoxy) is 2. The number of hydrogen-bond donors (Lipinski definition) is 0. The van der Waals surface area contributed by atoms with E-state index in [1.165, 1.54) is 34.8 Å². The van der Waals surface area contributed by atoms with Gasteiger partial charge in [0, 0.05) is 22.7 Å². The Labute approximate surface area is 236 Å². The van der Waals surface area contributed by atoms with Crippen LogP contribution in [0.15, 0.2) is 60.1 Å². The Kier molecular flexibility index (Phi) is 6.68. The predicted molar refractivity (Wildman–Crippen MR) is 151 cm³/mol. The number of fused-ring (bicyclic) bond motifs is 2. The molecule has 6 rings (SSSR count). The smallest absolute Gasteiger partial charge is 0.350 e. The zero-order valence-electron chi connectivity index (χ0n) is 21.9. The molecule has 8 nitrogen and oxygen atoms in total. The zero-order valence-corrected chi connectivity index (χ0v) is 23.5. The number of aromatic nitrogens is 4. The number of methoxy groups -OCH3 is 1. The average Bonchev–Trinajstić information content (AvgIpc) is 3.71. The first-order valence-electron chi connectivity index (χ1n) is 12.5. The number of carbonyl (C=O) groups excluding carboxylic acids is 2. The Balaban J connectivity index is 1.57. The van der Waals surface area contributed by atoms with Gasteiger partial charge in [0.05, 0.1) is 25.1 Å². The Morgan fingerprint density at radius 3 is 2.52 bits per heavy atom. The lowest BCUT2D eigenvalue weighted by molar-refractivity contribution is -0.649. The maximum Gasteiger partial charge on any atom is 0.350 e. The van der Waals surface area contributed by atoms with Gasteiger partial charge < -0.3 is 9.47 Å². The number of halogens is 1. The third-order valence-corrected chi connectivity index (χ3v) is 8.82. The van der Waals surface area contributed by atoms with Gasteiger partial charge in [0.1, 0.15) is 28.7 Å². The lowest BCUT2D eigenvalue weighted by Gasteiger charge is -2.07. The number of imidazole rings is 2. The normalized spacial score (nSPS) is 11.4. The van der Waals surface area contributed by atoms with Crippen LogP contribution in [-0.4, -0.2) is 39.8 Å². The molecular weight excluding hydrogens is 551 g/mol. The van der Waals surface area contributed by atoms with Crippen LogP contribution >= 0.6 is 22.7 Å². The SMILES string of the molecule is CCOC(=O)c1sc2nc(-c3ccc(F)cc3)cn2c1C[n+]1c(-c2ccc(OC)cc2)c(C=O)n2c(C)csc21. The lowest BCUT2D eigenvalue weighted by Crippen LogP contribution is -2.36. The number of benzene rings is 2. The van der Waals surface area contributed by atoms with Crippen molar-refractivity contribution in [3.63, 3.8) is 0 Å². The van der Waals surface area contributed by atoms with E-state index in [2.05, 4.69) is 0 Å². The lowest BCUT2D eigenvalue weighted by atomic mass is 10.1. The van der Waals surface area contributed by atoms with Crippen molar-refractivity contribution in [2.45, 2.75) is 20.4 Å². The number of nitrogens with zero attached hydrogens (tertiary/aromatic N) is 4. The van der Waals surface area contributed by atoms with Crippen molar-refractivity contribution in [1.29, 1.82) is 0 Å². The number of esters is 1. The van der Waals surface area contributed by atoms with E-state index >= 15 is 0 Å².